The van der Waals surface area contributed by atoms with E-state index in [1.54, 1.807) is 12.1 Å². The van der Waals surface area contributed by atoms with Crippen LogP contribution in [0.15, 0.2) is 77.7 Å². The minimum absolute atomic E-state index is 0.0422. The zero-order valence-corrected chi connectivity index (χ0v) is 23.6. The van der Waals surface area contributed by atoms with Crippen LogP contribution in [0.2, 0.25) is 0 Å². The number of benzene rings is 3. The summed E-state index contributed by atoms with van der Waals surface area (Å²) < 4.78 is 38.0. The molecule has 0 saturated heterocycles. The van der Waals surface area contributed by atoms with Gasteiger partial charge in [0.2, 0.25) is 0 Å². The van der Waals surface area contributed by atoms with Crippen LogP contribution in [0, 0.1) is 0 Å². The molecular formula is C31H30F3NO5S. The third-order valence-electron chi connectivity index (χ3n) is 6.35. The summed E-state index contributed by atoms with van der Waals surface area (Å²) in [6.07, 6.45) is -0.438. The lowest BCUT2D eigenvalue weighted by atomic mass is 9.82. The van der Waals surface area contributed by atoms with E-state index < -0.39 is 29.1 Å². The summed E-state index contributed by atoms with van der Waals surface area (Å²) in [7, 11) is 0. The predicted octanol–water partition coefficient (Wildman–Crippen LogP) is 7.04. The number of aliphatic carboxylic acids is 1. The Bertz CT molecular complexity index is 1390. The molecule has 0 fully saturated rings. The van der Waals surface area contributed by atoms with Crippen molar-refractivity contribution in [3.63, 3.8) is 0 Å². The molecule has 1 amide bonds. The van der Waals surface area contributed by atoms with E-state index in [4.69, 9.17) is 5.11 Å². The lowest BCUT2D eigenvalue weighted by molar-refractivity contribution is -0.136. The van der Waals surface area contributed by atoms with Gasteiger partial charge in [0, 0.05) is 34.6 Å². The summed E-state index contributed by atoms with van der Waals surface area (Å²) in [5.74, 6) is -3.17. The van der Waals surface area contributed by atoms with Crippen molar-refractivity contribution in [3.8, 4) is 0 Å². The third-order valence-corrected chi connectivity index (χ3v) is 7.09. The van der Waals surface area contributed by atoms with Crippen LogP contribution in [0.3, 0.4) is 0 Å². The van der Waals surface area contributed by atoms with Crippen molar-refractivity contribution in [2.75, 3.05) is 6.54 Å². The summed E-state index contributed by atoms with van der Waals surface area (Å²) in [5.41, 5.74) is -2.24. The number of carbonyl (C=O) groups is 4. The molecule has 0 spiro atoms. The van der Waals surface area contributed by atoms with E-state index >= 15 is 0 Å². The number of thioether (sulfide) groups is 1. The molecular weight excluding hydrogens is 555 g/mol. The van der Waals surface area contributed by atoms with Gasteiger partial charge in [0.1, 0.15) is 0 Å². The van der Waals surface area contributed by atoms with Gasteiger partial charge in [-0.3, -0.25) is 19.2 Å². The summed E-state index contributed by atoms with van der Waals surface area (Å²) >= 11 is -0.274. The van der Waals surface area contributed by atoms with Crippen molar-refractivity contribution < 1.29 is 37.5 Å². The molecule has 0 radical (unpaired) electrons. The smallest absolute Gasteiger partial charge is 0.446 e. The number of hydrogen-bond acceptors (Lipinski definition) is 5. The molecule has 3 rings (SSSR count). The number of carbonyl (C=O) groups excluding carboxylic acids is 3. The Kier molecular flexibility index (Phi) is 10.1. The minimum Gasteiger partial charge on any atom is -0.481 e. The Hall–Kier alpha value is -3.92. The lowest BCUT2D eigenvalue weighted by Gasteiger charge is -2.21. The van der Waals surface area contributed by atoms with E-state index in [1.807, 2.05) is 32.9 Å². The van der Waals surface area contributed by atoms with Crippen LogP contribution in [0.1, 0.15) is 81.7 Å². The standard InChI is InChI=1S/C31H30F3NO5S/c1-30(2,3)23-12-8-19(9-13-23)25(18-26(36)20-10-14-24(15-11-20)41-31(32,33)34)28(39)21-4-6-22(7-5-21)29(40)35-17-16-27(37)38/h4-15,25H,16-18H2,1-3H3,(H,35,40)(H,37,38). The first-order chi connectivity index (χ1) is 19.1. The quantitative estimate of drug-likeness (QED) is 0.185. The van der Waals surface area contributed by atoms with Crippen LogP contribution >= 0.6 is 11.8 Å². The van der Waals surface area contributed by atoms with Gasteiger partial charge in [0.05, 0.1) is 12.3 Å². The summed E-state index contributed by atoms with van der Waals surface area (Å²) in [4.78, 5) is 49.8. The first kappa shape index (κ1) is 31.6. The van der Waals surface area contributed by atoms with Crippen molar-refractivity contribution in [3.05, 3.63) is 101 Å². The van der Waals surface area contributed by atoms with Crippen molar-refractivity contribution in [2.24, 2.45) is 0 Å². The maximum atomic E-state index is 13.7. The van der Waals surface area contributed by atoms with Gasteiger partial charge in [-0.15, -0.1) is 0 Å². The van der Waals surface area contributed by atoms with Gasteiger partial charge >= 0.3 is 11.5 Å². The molecule has 1 atom stereocenters. The van der Waals surface area contributed by atoms with E-state index in [1.165, 1.54) is 48.5 Å². The molecule has 0 saturated carbocycles. The van der Waals surface area contributed by atoms with Gasteiger partial charge in [0.15, 0.2) is 11.6 Å². The van der Waals surface area contributed by atoms with Crippen LogP contribution in [0.25, 0.3) is 0 Å². The van der Waals surface area contributed by atoms with Crippen molar-refractivity contribution in [1.29, 1.82) is 0 Å². The Morgan fingerprint density at radius 1 is 0.805 bits per heavy atom. The first-order valence-electron chi connectivity index (χ1n) is 12.8. The SMILES string of the molecule is CC(C)(C)c1ccc(C(CC(=O)c2ccc(SC(F)(F)F)cc2)C(=O)c2ccc(C(=O)NCCC(=O)O)cc2)cc1. The summed E-state index contributed by atoms with van der Waals surface area (Å²) in [6.45, 7) is 6.11. The zero-order chi connectivity index (χ0) is 30.4. The Morgan fingerprint density at radius 2 is 1.34 bits per heavy atom. The Morgan fingerprint density at radius 3 is 1.85 bits per heavy atom. The fraction of sp³-hybridized carbons (Fsp3) is 0.290. The normalized spacial score (nSPS) is 12.4. The molecule has 3 aromatic carbocycles. The number of Topliss-reactive ketones (excluding diaryl/α,β-unsaturated/α-hetero) is 2. The molecule has 41 heavy (non-hydrogen) atoms. The average Bonchev–Trinajstić information content (AvgIpc) is 2.90. The number of rotatable bonds is 11. The number of alkyl halides is 3. The predicted molar refractivity (Wildman–Crippen MR) is 151 cm³/mol. The zero-order valence-electron chi connectivity index (χ0n) is 22.7. The molecule has 0 aliphatic carbocycles. The Balaban J connectivity index is 1.86. The number of nitrogens with one attached hydrogen (secondary N) is 1. The topological polar surface area (TPSA) is 101 Å². The monoisotopic (exact) mass is 585 g/mol. The number of halogens is 3. The molecule has 2 N–H and O–H groups in total. The number of amides is 1. The van der Waals surface area contributed by atoms with Gasteiger partial charge in [-0.1, -0.05) is 69.3 Å². The van der Waals surface area contributed by atoms with Crippen LogP contribution in [-0.2, 0) is 10.2 Å². The second-order valence-electron chi connectivity index (χ2n) is 10.5. The summed E-state index contributed by atoms with van der Waals surface area (Å²) in [6, 6.07) is 18.3. The highest BCUT2D eigenvalue weighted by molar-refractivity contribution is 8.00. The summed E-state index contributed by atoms with van der Waals surface area (Å²) in [5, 5.41) is 11.2. The van der Waals surface area contributed by atoms with Crippen molar-refractivity contribution in [1.82, 2.24) is 5.32 Å². The Labute approximate surface area is 240 Å². The number of carboxylic acid groups (broad SMARTS) is 1. The highest BCUT2D eigenvalue weighted by atomic mass is 32.2. The van der Waals surface area contributed by atoms with Gasteiger partial charge in [0.25, 0.3) is 5.91 Å². The van der Waals surface area contributed by atoms with E-state index in [-0.39, 0.29) is 63.9 Å². The number of ketones is 2. The van der Waals surface area contributed by atoms with E-state index in [9.17, 15) is 32.3 Å². The molecule has 10 heteroatoms. The maximum absolute atomic E-state index is 13.7. The highest BCUT2D eigenvalue weighted by Gasteiger charge is 2.30. The lowest BCUT2D eigenvalue weighted by Crippen LogP contribution is -2.26. The molecule has 0 bridgehead atoms. The number of hydrogen-bond donors (Lipinski definition) is 2. The first-order valence-corrected chi connectivity index (χ1v) is 13.6. The largest absolute Gasteiger partial charge is 0.481 e. The molecule has 0 aromatic heterocycles. The molecule has 1 unspecified atom stereocenters. The number of carboxylic acids is 1. The molecule has 3 aromatic rings. The van der Waals surface area contributed by atoms with Gasteiger partial charge < -0.3 is 10.4 Å². The van der Waals surface area contributed by atoms with Gasteiger partial charge in [-0.25, -0.2) is 0 Å². The second kappa shape index (κ2) is 13.2. The fourth-order valence-corrected chi connectivity index (χ4v) is 4.63. The van der Waals surface area contributed by atoms with Crippen LogP contribution in [-0.4, -0.2) is 40.6 Å². The maximum Gasteiger partial charge on any atom is 0.446 e. The van der Waals surface area contributed by atoms with E-state index in [0.717, 1.165) is 5.56 Å². The van der Waals surface area contributed by atoms with E-state index in [2.05, 4.69) is 5.32 Å². The van der Waals surface area contributed by atoms with Crippen molar-refractivity contribution >= 4 is 35.2 Å². The molecule has 0 heterocycles. The van der Waals surface area contributed by atoms with Gasteiger partial charge in [-0.2, -0.15) is 13.2 Å². The highest BCUT2D eigenvalue weighted by Crippen LogP contribution is 2.37. The molecule has 0 aliphatic heterocycles. The third kappa shape index (κ3) is 9.31. The van der Waals surface area contributed by atoms with Gasteiger partial charge in [-0.05, 0) is 52.6 Å². The fourth-order valence-electron chi connectivity index (χ4n) is 4.10. The van der Waals surface area contributed by atoms with Crippen molar-refractivity contribution in [2.45, 2.75) is 55.3 Å². The van der Waals surface area contributed by atoms with Crippen LogP contribution < -0.4 is 5.32 Å². The van der Waals surface area contributed by atoms with E-state index in [0.29, 0.717) is 5.56 Å². The minimum atomic E-state index is -4.45. The van der Waals surface area contributed by atoms with Crippen LogP contribution in [0.5, 0.6) is 0 Å². The molecule has 6 nitrogen and oxygen atoms in total. The average molecular weight is 586 g/mol. The molecule has 0 aliphatic rings. The second-order valence-corrected chi connectivity index (χ2v) is 11.6. The molecule has 216 valence electrons. The van der Waals surface area contributed by atoms with Crippen LogP contribution in [0.4, 0.5) is 13.2 Å².